The summed E-state index contributed by atoms with van der Waals surface area (Å²) >= 11 is 0. The number of aliphatic hydroxyl groups is 1. The molecule has 4 heteroatoms. The largest absolute Gasteiger partial charge is 0.389 e. The van der Waals surface area contributed by atoms with E-state index >= 15 is 0 Å². The highest BCUT2D eigenvalue weighted by Gasteiger charge is 2.23. The Labute approximate surface area is 120 Å². The van der Waals surface area contributed by atoms with Crippen LogP contribution in [0.4, 0.5) is 10.1 Å². The molecule has 0 aliphatic carbocycles. The Balaban J connectivity index is 2.18. The summed E-state index contributed by atoms with van der Waals surface area (Å²) in [5.74, 6) is -0.256. The molecule has 1 aliphatic heterocycles. The molecule has 112 valence electrons. The Morgan fingerprint density at radius 1 is 1.40 bits per heavy atom. The average Bonchev–Trinajstić information content (AvgIpc) is 2.42. The summed E-state index contributed by atoms with van der Waals surface area (Å²) in [6.07, 6.45) is 1.62. The van der Waals surface area contributed by atoms with Gasteiger partial charge in [-0.15, -0.1) is 0 Å². The number of hydrogen-bond donors (Lipinski definition) is 1. The molecule has 1 aliphatic rings. The van der Waals surface area contributed by atoms with Crippen molar-refractivity contribution in [3.8, 4) is 0 Å². The number of piperidine rings is 1. The monoisotopic (exact) mass is 281 g/mol. The summed E-state index contributed by atoms with van der Waals surface area (Å²) in [6.45, 7) is 7.98. The van der Waals surface area contributed by atoms with Gasteiger partial charge in [0, 0.05) is 30.9 Å². The van der Waals surface area contributed by atoms with Gasteiger partial charge in [-0.25, -0.2) is 4.39 Å². The van der Waals surface area contributed by atoms with Gasteiger partial charge in [0.1, 0.15) is 5.82 Å². The maximum absolute atomic E-state index is 13.7. The first kappa shape index (κ1) is 15.3. The predicted octanol–water partition coefficient (Wildman–Crippen LogP) is 3.19. The smallest absolute Gasteiger partial charge is 0.126 e. The van der Waals surface area contributed by atoms with Crippen LogP contribution in [0.3, 0.4) is 0 Å². The van der Waals surface area contributed by atoms with Crippen molar-refractivity contribution in [2.45, 2.75) is 45.8 Å². The summed E-state index contributed by atoms with van der Waals surface area (Å²) in [5, 5.41) is 9.87. The van der Waals surface area contributed by atoms with E-state index in [0.717, 1.165) is 38.2 Å². The van der Waals surface area contributed by atoms with Gasteiger partial charge in [-0.3, -0.25) is 0 Å². The lowest BCUT2D eigenvalue weighted by Gasteiger charge is -2.35. The van der Waals surface area contributed by atoms with Gasteiger partial charge in [0.15, 0.2) is 0 Å². The number of halogens is 1. The molecule has 1 saturated heterocycles. The normalized spacial score (nSPS) is 18.4. The number of nitrogens with zero attached hydrogens (tertiary/aromatic N) is 1. The first-order chi connectivity index (χ1) is 9.52. The third-order valence-electron chi connectivity index (χ3n) is 3.94. The minimum Gasteiger partial charge on any atom is -0.389 e. The molecule has 0 amide bonds. The molecule has 3 nitrogen and oxygen atoms in total. The Hall–Kier alpha value is -1.13. The third kappa shape index (κ3) is 3.30. The second-order valence-electron chi connectivity index (χ2n) is 5.48. The number of benzene rings is 1. The predicted molar refractivity (Wildman–Crippen MR) is 78.6 cm³/mol. The maximum atomic E-state index is 13.7. The van der Waals surface area contributed by atoms with Crippen LogP contribution in [0.1, 0.15) is 43.9 Å². The van der Waals surface area contributed by atoms with Gasteiger partial charge in [0.05, 0.1) is 12.2 Å². The minimum atomic E-state index is -0.662. The Morgan fingerprint density at radius 2 is 2.05 bits per heavy atom. The number of hydrogen-bond acceptors (Lipinski definition) is 3. The fourth-order valence-corrected chi connectivity index (χ4v) is 2.79. The second-order valence-corrected chi connectivity index (χ2v) is 5.48. The van der Waals surface area contributed by atoms with Gasteiger partial charge in [-0.1, -0.05) is 0 Å². The van der Waals surface area contributed by atoms with E-state index in [4.69, 9.17) is 4.74 Å². The molecule has 1 heterocycles. The van der Waals surface area contributed by atoms with Crippen molar-refractivity contribution in [3.63, 3.8) is 0 Å². The molecule has 1 aromatic carbocycles. The van der Waals surface area contributed by atoms with Gasteiger partial charge in [0.25, 0.3) is 0 Å². The zero-order valence-corrected chi connectivity index (χ0v) is 12.5. The molecule has 1 atom stereocenters. The molecule has 0 aromatic heterocycles. The zero-order chi connectivity index (χ0) is 14.7. The molecule has 0 unspecified atom stereocenters. The molecule has 0 bridgehead atoms. The van der Waals surface area contributed by atoms with Crippen LogP contribution in [0.15, 0.2) is 12.1 Å². The Morgan fingerprint density at radius 3 is 2.60 bits per heavy atom. The van der Waals surface area contributed by atoms with Crippen molar-refractivity contribution >= 4 is 5.69 Å². The van der Waals surface area contributed by atoms with Crippen LogP contribution >= 0.6 is 0 Å². The molecule has 0 radical (unpaired) electrons. The highest BCUT2D eigenvalue weighted by atomic mass is 19.1. The number of aryl methyl sites for hydroxylation is 1. The van der Waals surface area contributed by atoms with E-state index in [1.54, 1.807) is 13.8 Å². The van der Waals surface area contributed by atoms with Gasteiger partial charge in [-0.2, -0.15) is 0 Å². The summed E-state index contributed by atoms with van der Waals surface area (Å²) in [5.41, 5.74) is 2.24. The van der Waals surface area contributed by atoms with Gasteiger partial charge < -0.3 is 14.7 Å². The molecule has 2 rings (SSSR count). The molecular formula is C16H24FNO2. The van der Waals surface area contributed by atoms with Gasteiger partial charge in [-0.05, 0) is 51.3 Å². The van der Waals surface area contributed by atoms with E-state index in [0.29, 0.717) is 17.2 Å². The summed E-state index contributed by atoms with van der Waals surface area (Å²) in [7, 11) is 0. The second kappa shape index (κ2) is 6.55. The molecule has 0 saturated carbocycles. The van der Waals surface area contributed by atoms with Crippen LogP contribution in [0, 0.1) is 12.7 Å². The molecule has 1 fully saturated rings. The number of aliphatic hydroxyl groups excluding tert-OH is 1. The lowest BCUT2D eigenvalue weighted by molar-refractivity contribution is 0.0458. The average molecular weight is 281 g/mol. The van der Waals surface area contributed by atoms with Crippen molar-refractivity contribution in [2.75, 3.05) is 24.6 Å². The van der Waals surface area contributed by atoms with Crippen molar-refractivity contribution in [2.24, 2.45) is 0 Å². The first-order valence-corrected chi connectivity index (χ1v) is 7.37. The topological polar surface area (TPSA) is 32.7 Å². The van der Waals surface area contributed by atoms with Crippen LogP contribution in [-0.2, 0) is 4.74 Å². The fraction of sp³-hybridized carbons (Fsp3) is 0.625. The van der Waals surface area contributed by atoms with Crippen molar-refractivity contribution in [1.29, 1.82) is 0 Å². The Kier molecular flexibility index (Phi) is 5.00. The number of ether oxygens (including phenoxy) is 1. The third-order valence-corrected chi connectivity index (χ3v) is 3.94. The fourth-order valence-electron chi connectivity index (χ4n) is 2.79. The van der Waals surface area contributed by atoms with E-state index in [2.05, 4.69) is 4.90 Å². The maximum Gasteiger partial charge on any atom is 0.126 e. The van der Waals surface area contributed by atoms with E-state index in [9.17, 15) is 9.50 Å². The SMILES string of the molecule is CCOC1CCN(c2cc(C)c(F)cc2[C@@H](C)O)CC1. The van der Waals surface area contributed by atoms with Crippen LogP contribution < -0.4 is 4.90 Å². The van der Waals surface area contributed by atoms with Crippen molar-refractivity contribution < 1.29 is 14.2 Å². The quantitative estimate of drug-likeness (QED) is 0.920. The van der Waals surface area contributed by atoms with Crippen LogP contribution in [0.25, 0.3) is 0 Å². The minimum absolute atomic E-state index is 0.256. The van der Waals surface area contributed by atoms with Gasteiger partial charge in [0.2, 0.25) is 0 Å². The van der Waals surface area contributed by atoms with Crippen LogP contribution in [0.2, 0.25) is 0 Å². The summed E-state index contributed by atoms with van der Waals surface area (Å²) < 4.78 is 19.4. The summed E-state index contributed by atoms with van der Waals surface area (Å²) in [6, 6.07) is 3.31. The molecule has 1 N–H and O–H groups in total. The van der Waals surface area contributed by atoms with Crippen LogP contribution in [-0.4, -0.2) is 30.9 Å². The first-order valence-electron chi connectivity index (χ1n) is 7.37. The summed E-state index contributed by atoms with van der Waals surface area (Å²) in [4.78, 5) is 2.23. The number of rotatable bonds is 4. The molecule has 0 spiro atoms. The highest BCUT2D eigenvalue weighted by molar-refractivity contribution is 5.57. The van der Waals surface area contributed by atoms with E-state index in [1.165, 1.54) is 6.07 Å². The Bertz CT molecular complexity index is 454. The number of anilines is 1. The van der Waals surface area contributed by atoms with Gasteiger partial charge >= 0.3 is 0 Å². The molecule has 20 heavy (non-hydrogen) atoms. The lowest BCUT2D eigenvalue weighted by Crippen LogP contribution is -2.37. The highest BCUT2D eigenvalue weighted by Crippen LogP contribution is 2.31. The molecular weight excluding hydrogens is 257 g/mol. The van der Waals surface area contributed by atoms with Crippen molar-refractivity contribution in [1.82, 2.24) is 0 Å². The standard InChI is InChI=1S/C16H24FNO2/c1-4-20-13-5-7-18(8-6-13)16-9-11(2)15(17)10-14(16)12(3)19/h9-10,12-13,19H,4-8H2,1-3H3/t12-/m1/s1. The van der Waals surface area contributed by atoms with E-state index in [-0.39, 0.29) is 5.82 Å². The van der Waals surface area contributed by atoms with Crippen LogP contribution in [0.5, 0.6) is 0 Å². The van der Waals surface area contributed by atoms with E-state index < -0.39 is 6.10 Å². The van der Waals surface area contributed by atoms with Crippen molar-refractivity contribution in [3.05, 3.63) is 29.1 Å². The van der Waals surface area contributed by atoms with E-state index in [1.807, 2.05) is 13.0 Å². The lowest BCUT2D eigenvalue weighted by atomic mass is 10.0. The molecule has 1 aromatic rings. The zero-order valence-electron chi connectivity index (χ0n) is 12.5.